The molecule has 3 rings (SSSR count). The minimum absolute atomic E-state index is 0.219. The highest BCUT2D eigenvalue weighted by Crippen LogP contribution is 2.34. The number of thioether (sulfide) groups is 1. The molecular weight excluding hydrogens is 299 g/mol. The Hall–Kier alpha value is -1.52. The van der Waals surface area contributed by atoms with Gasteiger partial charge in [0.05, 0.1) is 6.61 Å². The average molecular weight is 318 g/mol. The molecule has 2 aromatic carbocycles. The second-order valence-electron chi connectivity index (χ2n) is 5.58. The van der Waals surface area contributed by atoms with Gasteiger partial charge in [-0.3, -0.25) is 0 Å². The molecular formula is C18H19FO2S. The van der Waals surface area contributed by atoms with Crippen LogP contribution in [0.25, 0.3) is 0 Å². The zero-order valence-electron chi connectivity index (χ0n) is 12.5. The lowest BCUT2D eigenvalue weighted by Crippen LogP contribution is -1.99. The number of halogens is 1. The first kappa shape index (κ1) is 15.4. The summed E-state index contributed by atoms with van der Waals surface area (Å²) >= 11 is 1.72. The molecule has 22 heavy (non-hydrogen) atoms. The van der Waals surface area contributed by atoms with Gasteiger partial charge in [-0.2, -0.15) is 0 Å². The molecule has 2 nitrogen and oxygen atoms in total. The second-order valence-corrected chi connectivity index (χ2v) is 6.81. The van der Waals surface area contributed by atoms with Gasteiger partial charge in [-0.25, -0.2) is 4.39 Å². The maximum atomic E-state index is 13.6. The SMILES string of the molecule is C[C@H]1COC(Sc2cccc(OCc3ccccc3F)c2)C1. The van der Waals surface area contributed by atoms with Crippen LogP contribution >= 0.6 is 11.8 Å². The molecule has 1 aliphatic heterocycles. The van der Waals surface area contributed by atoms with Crippen molar-refractivity contribution in [2.24, 2.45) is 5.92 Å². The predicted molar refractivity (Wildman–Crippen MR) is 86.6 cm³/mol. The molecule has 2 atom stereocenters. The number of ether oxygens (including phenoxy) is 2. The van der Waals surface area contributed by atoms with Crippen LogP contribution in [0.1, 0.15) is 18.9 Å². The van der Waals surface area contributed by atoms with Crippen LogP contribution in [-0.4, -0.2) is 12.0 Å². The van der Waals surface area contributed by atoms with Gasteiger partial charge in [0.25, 0.3) is 0 Å². The van der Waals surface area contributed by atoms with E-state index in [9.17, 15) is 4.39 Å². The number of hydrogen-bond donors (Lipinski definition) is 0. The summed E-state index contributed by atoms with van der Waals surface area (Å²) in [6.45, 7) is 3.27. The molecule has 0 radical (unpaired) electrons. The minimum atomic E-state index is -0.235. The first-order valence-corrected chi connectivity index (χ1v) is 8.33. The van der Waals surface area contributed by atoms with Gasteiger partial charge in [-0.15, -0.1) is 0 Å². The largest absolute Gasteiger partial charge is 0.489 e. The second kappa shape index (κ2) is 7.16. The lowest BCUT2D eigenvalue weighted by Gasteiger charge is -2.11. The molecule has 2 aromatic rings. The summed E-state index contributed by atoms with van der Waals surface area (Å²) in [5.74, 6) is 1.14. The lowest BCUT2D eigenvalue weighted by atomic mass is 10.2. The van der Waals surface area contributed by atoms with Gasteiger partial charge in [-0.05, 0) is 36.6 Å². The summed E-state index contributed by atoms with van der Waals surface area (Å²) in [6.07, 6.45) is 1.07. The number of rotatable bonds is 5. The zero-order chi connectivity index (χ0) is 15.4. The molecule has 1 saturated heterocycles. The van der Waals surface area contributed by atoms with Crippen molar-refractivity contribution in [3.8, 4) is 5.75 Å². The Balaban J connectivity index is 1.60. The highest BCUT2D eigenvalue weighted by atomic mass is 32.2. The van der Waals surface area contributed by atoms with Gasteiger partial charge in [0.1, 0.15) is 23.6 Å². The maximum absolute atomic E-state index is 13.6. The Labute approximate surface area is 134 Å². The molecule has 0 aromatic heterocycles. The van der Waals surface area contributed by atoms with Crippen molar-refractivity contribution >= 4 is 11.8 Å². The molecule has 0 amide bonds. The quantitative estimate of drug-likeness (QED) is 0.783. The van der Waals surface area contributed by atoms with E-state index in [1.54, 1.807) is 23.9 Å². The summed E-state index contributed by atoms with van der Waals surface area (Å²) in [6, 6.07) is 14.6. The fourth-order valence-electron chi connectivity index (χ4n) is 2.38. The van der Waals surface area contributed by atoms with Gasteiger partial charge in [0, 0.05) is 10.5 Å². The molecule has 0 saturated carbocycles. The smallest absolute Gasteiger partial charge is 0.129 e. The zero-order valence-corrected chi connectivity index (χ0v) is 13.3. The third-order valence-electron chi connectivity index (χ3n) is 3.59. The molecule has 1 unspecified atom stereocenters. The number of hydrogen-bond acceptors (Lipinski definition) is 3. The van der Waals surface area contributed by atoms with E-state index in [1.807, 2.05) is 30.3 Å². The maximum Gasteiger partial charge on any atom is 0.129 e. The van der Waals surface area contributed by atoms with Gasteiger partial charge in [0.2, 0.25) is 0 Å². The summed E-state index contributed by atoms with van der Waals surface area (Å²) < 4.78 is 25.0. The van der Waals surface area contributed by atoms with Crippen molar-refractivity contribution < 1.29 is 13.9 Å². The molecule has 0 aliphatic carbocycles. The van der Waals surface area contributed by atoms with E-state index in [4.69, 9.17) is 9.47 Å². The molecule has 1 aliphatic rings. The van der Waals surface area contributed by atoms with E-state index in [0.29, 0.717) is 11.5 Å². The molecule has 0 bridgehead atoms. The van der Waals surface area contributed by atoms with Crippen molar-refractivity contribution in [2.45, 2.75) is 30.3 Å². The van der Waals surface area contributed by atoms with Crippen LogP contribution in [0, 0.1) is 11.7 Å². The van der Waals surface area contributed by atoms with Crippen LogP contribution in [0.4, 0.5) is 4.39 Å². The van der Waals surface area contributed by atoms with E-state index >= 15 is 0 Å². The fraction of sp³-hybridized carbons (Fsp3) is 0.333. The van der Waals surface area contributed by atoms with Crippen LogP contribution in [0.3, 0.4) is 0 Å². The molecule has 1 fully saturated rings. The lowest BCUT2D eigenvalue weighted by molar-refractivity contribution is 0.166. The van der Waals surface area contributed by atoms with Crippen molar-refractivity contribution in [1.82, 2.24) is 0 Å². The normalized spacial score (nSPS) is 21.0. The molecule has 0 spiro atoms. The Morgan fingerprint density at radius 3 is 2.86 bits per heavy atom. The molecule has 0 N–H and O–H groups in total. The van der Waals surface area contributed by atoms with E-state index in [0.717, 1.165) is 23.7 Å². The third kappa shape index (κ3) is 4.02. The van der Waals surface area contributed by atoms with Crippen molar-refractivity contribution in [3.05, 3.63) is 59.9 Å². The van der Waals surface area contributed by atoms with E-state index in [-0.39, 0.29) is 17.9 Å². The summed E-state index contributed by atoms with van der Waals surface area (Å²) in [5, 5.41) is 0. The topological polar surface area (TPSA) is 18.5 Å². The van der Waals surface area contributed by atoms with E-state index < -0.39 is 0 Å². The summed E-state index contributed by atoms with van der Waals surface area (Å²) in [4.78, 5) is 1.12. The Bertz CT molecular complexity index is 632. The third-order valence-corrected chi connectivity index (χ3v) is 4.70. The number of benzene rings is 2. The first-order valence-electron chi connectivity index (χ1n) is 7.45. The average Bonchev–Trinajstić information content (AvgIpc) is 2.92. The fourth-order valence-corrected chi connectivity index (χ4v) is 3.60. The Morgan fingerprint density at radius 1 is 1.23 bits per heavy atom. The van der Waals surface area contributed by atoms with Crippen LogP contribution in [0.5, 0.6) is 5.75 Å². The van der Waals surface area contributed by atoms with Crippen LogP contribution in [0.2, 0.25) is 0 Å². The van der Waals surface area contributed by atoms with Crippen molar-refractivity contribution in [3.63, 3.8) is 0 Å². The minimum Gasteiger partial charge on any atom is -0.489 e. The van der Waals surface area contributed by atoms with Crippen LogP contribution in [0.15, 0.2) is 53.4 Å². The van der Waals surface area contributed by atoms with Crippen LogP contribution in [-0.2, 0) is 11.3 Å². The highest BCUT2D eigenvalue weighted by molar-refractivity contribution is 7.99. The first-order chi connectivity index (χ1) is 10.7. The van der Waals surface area contributed by atoms with E-state index in [2.05, 4.69) is 6.92 Å². The van der Waals surface area contributed by atoms with Gasteiger partial charge in [-0.1, -0.05) is 43.0 Å². The summed E-state index contributed by atoms with van der Waals surface area (Å²) in [5.41, 5.74) is 0.783. The highest BCUT2D eigenvalue weighted by Gasteiger charge is 2.22. The molecule has 116 valence electrons. The van der Waals surface area contributed by atoms with Gasteiger partial charge < -0.3 is 9.47 Å². The van der Waals surface area contributed by atoms with Crippen molar-refractivity contribution in [2.75, 3.05) is 6.61 Å². The monoisotopic (exact) mass is 318 g/mol. The Kier molecular flexibility index (Phi) is 5.01. The molecule has 4 heteroatoms. The van der Waals surface area contributed by atoms with E-state index in [1.165, 1.54) is 6.07 Å². The predicted octanol–water partition coefficient (Wildman–Crippen LogP) is 4.88. The van der Waals surface area contributed by atoms with Gasteiger partial charge in [0.15, 0.2) is 0 Å². The van der Waals surface area contributed by atoms with Crippen molar-refractivity contribution in [1.29, 1.82) is 0 Å². The van der Waals surface area contributed by atoms with Gasteiger partial charge >= 0.3 is 0 Å². The molecule has 1 heterocycles. The standard InChI is InChI=1S/C18H19FO2S/c1-13-9-18(21-11-13)22-16-7-4-6-15(10-16)20-12-14-5-2-3-8-17(14)19/h2-8,10,13,18H,9,11-12H2,1H3/t13-,18?/m1/s1. The summed E-state index contributed by atoms with van der Waals surface area (Å²) in [7, 11) is 0. The van der Waals surface area contributed by atoms with Crippen LogP contribution < -0.4 is 4.74 Å². The Morgan fingerprint density at radius 2 is 2.09 bits per heavy atom.